The zero-order valence-corrected chi connectivity index (χ0v) is 9.28. The van der Waals surface area contributed by atoms with E-state index in [-0.39, 0.29) is 6.42 Å². The molecule has 0 saturated heterocycles. The molecule has 5 nitrogen and oxygen atoms in total. The maximum atomic E-state index is 10.4. The molecule has 1 aromatic carbocycles. The first-order valence-corrected chi connectivity index (χ1v) is 5.41. The van der Waals surface area contributed by atoms with E-state index in [2.05, 4.69) is 10.1 Å². The van der Waals surface area contributed by atoms with Crippen molar-refractivity contribution >= 4 is 5.97 Å². The second-order valence-corrected chi connectivity index (χ2v) is 3.76. The Bertz CT molecular complexity index is 494. The van der Waals surface area contributed by atoms with Crippen LogP contribution in [-0.2, 0) is 11.2 Å². The molecule has 0 spiro atoms. The summed E-state index contributed by atoms with van der Waals surface area (Å²) in [5.41, 5.74) is 2.05. The van der Waals surface area contributed by atoms with Gasteiger partial charge in [-0.25, -0.2) is 9.67 Å². The van der Waals surface area contributed by atoms with Gasteiger partial charge in [0.25, 0.3) is 0 Å². The highest BCUT2D eigenvalue weighted by Gasteiger charge is 2.01. The topological polar surface area (TPSA) is 68.0 Å². The van der Waals surface area contributed by atoms with E-state index < -0.39 is 5.97 Å². The number of carbonyl (C=O) groups is 1. The number of aromatic nitrogens is 3. The fraction of sp³-hybridized carbons (Fsp3) is 0.250. The third-order valence-electron chi connectivity index (χ3n) is 2.45. The smallest absolute Gasteiger partial charge is 0.303 e. The second kappa shape index (κ2) is 5.25. The first-order chi connectivity index (χ1) is 8.25. The van der Waals surface area contributed by atoms with Gasteiger partial charge in [-0.2, -0.15) is 5.10 Å². The van der Waals surface area contributed by atoms with E-state index in [0.29, 0.717) is 6.42 Å². The van der Waals surface area contributed by atoms with Crippen LogP contribution in [0.3, 0.4) is 0 Å². The summed E-state index contributed by atoms with van der Waals surface area (Å²) in [6, 6.07) is 7.86. The van der Waals surface area contributed by atoms with Crippen molar-refractivity contribution in [3.05, 3.63) is 42.5 Å². The van der Waals surface area contributed by atoms with Gasteiger partial charge in [0.05, 0.1) is 5.69 Å². The number of hydrogen-bond donors (Lipinski definition) is 1. The summed E-state index contributed by atoms with van der Waals surface area (Å²) in [5.74, 6) is -0.752. The van der Waals surface area contributed by atoms with Gasteiger partial charge >= 0.3 is 5.97 Å². The Hall–Kier alpha value is -2.17. The van der Waals surface area contributed by atoms with Crippen LogP contribution in [0.1, 0.15) is 18.4 Å². The highest BCUT2D eigenvalue weighted by Crippen LogP contribution is 2.11. The lowest BCUT2D eigenvalue weighted by Crippen LogP contribution is -1.98. The van der Waals surface area contributed by atoms with Crippen LogP contribution in [0.5, 0.6) is 0 Å². The van der Waals surface area contributed by atoms with Crippen LogP contribution < -0.4 is 0 Å². The van der Waals surface area contributed by atoms with E-state index in [1.165, 1.54) is 6.33 Å². The van der Waals surface area contributed by atoms with Crippen LogP contribution in [-0.4, -0.2) is 25.8 Å². The van der Waals surface area contributed by atoms with Crippen molar-refractivity contribution in [1.82, 2.24) is 14.8 Å². The van der Waals surface area contributed by atoms with E-state index in [4.69, 9.17) is 5.11 Å². The third-order valence-corrected chi connectivity index (χ3v) is 2.45. The molecule has 17 heavy (non-hydrogen) atoms. The molecule has 0 unspecified atom stereocenters. The Kier molecular flexibility index (Phi) is 3.49. The normalized spacial score (nSPS) is 10.4. The van der Waals surface area contributed by atoms with Crippen LogP contribution in [0.2, 0.25) is 0 Å². The molecule has 2 aromatic rings. The zero-order valence-electron chi connectivity index (χ0n) is 9.28. The predicted octanol–water partition coefficient (Wildman–Crippen LogP) is 1.67. The van der Waals surface area contributed by atoms with Gasteiger partial charge in [0.1, 0.15) is 12.7 Å². The van der Waals surface area contributed by atoms with Gasteiger partial charge in [-0.3, -0.25) is 4.79 Å². The van der Waals surface area contributed by atoms with Crippen molar-refractivity contribution in [3.8, 4) is 5.69 Å². The van der Waals surface area contributed by atoms with Crippen LogP contribution in [0.4, 0.5) is 0 Å². The quantitative estimate of drug-likeness (QED) is 0.850. The summed E-state index contributed by atoms with van der Waals surface area (Å²) in [6.45, 7) is 0. The molecule has 0 atom stereocenters. The van der Waals surface area contributed by atoms with E-state index >= 15 is 0 Å². The predicted molar refractivity (Wildman–Crippen MR) is 61.9 cm³/mol. The van der Waals surface area contributed by atoms with Gasteiger partial charge < -0.3 is 5.11 Å². The molecule has 0 bridgehead atoms. The van der Waals surface area contributed by atoms with Gasteiger partial charge in [0, 0.05) is 6.42 Å². The number of carboxylic acids is 1. The van der Waals surface area contributed by atoms with Gasteiger partial charge in [-0.05, 0) is 30.5 Å². The maximum Gasteiger partial charge on any atom is 0.303 e. The first-order valence-electron chi connectivity index (χ1n) is 5.41. The summed E-state index contributed by atoms with van der Waals surface area (Å²) >= 11 is 0. The maximum absolute atomic E-state index is 10.4. The summed E-state index contributed by atoms with van der Waals surface area (Å²) in [4.78, 5) is 14.3. The van der Waals surface area contributed by atoms with E-state index in [1.807, 2.05) is 24.3 Å². The highest BCUT2D eigenvalue weighted by atomic mass is 16.4. The molecule has 0 saturated carbocycles. The van der Waals surface area contributed by atoms with E-state index in [0.717, 1.165) is 17.7 Å². The van der Waals surface area contributed by atoms with Crippen molar-refractivity contribution in [1.29, 1.82) is 0 Å². The molecule has 0 fully saturated rings. The lowest BCUT2D eigenvalue weighted by Gasteiger charge is -2.04. The van der Waals surface area contributed by atoms with Gasteiger partial charge in [0.2, 0.25) is 0 Å². The van der Waals surface area contributed by atoms with E-state index in [1.54, 1.807) is 11.0 Å². The molecule has 1 aromatic heterocycles. The Labute approximate surface area is 98.7 Å². The van der Waals surface area contributed by atoms with Gasteiger partial charge in [-0.1, -0.05) is 12.1 Å². The Morgan fingerprint density at radius 3 is 3.00 bits per heavy atom. The minimum atomic E-state index is -0.752. The molecule has 5 heteroatoms. The van der Waals surface area contributed by atoms with Crippen molar-refractivity contribution < 1.29 is 9.90 Å². The van der Waals surface area contributed by atoms with Crippen LogP contribution in [0.25, 0.3) is 5.69 Å². The number of hydrogen-bond acceptors (Lipinski definition) is 3. The number of aliphatic carboxylic acids is 1. The molecular weight excluding hydrogens is 218 g/mol. The average Bonchev–Trinajstić information content (AvgIpc) is 2.82. The minimum Gasteiger partial charge on any atom is -0.481 e. The SMILES string of the molecule is O=C(O)CCCc1cccc(-n2cncn2)c1. The third kappa shape index (κ3) is 3.14. The summed E-state index contributed by atoms with van der Waals surface area (Å²) < 4.78 is 1.68. The Morgan fingerprint density at radius 1 is 1.41 bits per heavy atom. The lowest BCUT2D eigenvalue weighted by molar-refractivity contribution is -0.137. The number of benzene rings is 1. The van der Waals surface area contributed by atoms with Gasteiger partial charge in [0.15, 0.2) is 0 Å². The average molecular weight is 231 g/mol. The van der Waals surface area contributed by atoms with Crippen LogP contribution in [0, 0.1) is 0 Å². The van der Waals surface area contributed by atoms with Crippen molar-refractivity contribution in [2.24, 2.45) is 0 Å². The number of aryl methyl sites for hydroxylation is 1. The molecule has 0 aliphatic carbocycles. The molecule has 0 aliphatic rings. The van der Waals surface area contributed by atoms with Crippen molar-refractivity contribution in [3.63, 3.8) is 0 Å². The molecule has 88 valence electrons. The summed E-state index contributed by atoms with van der Waals surface area (Å²) in [5, 5.41) is 12.6. The fourth-order valence-corrected chi connectivity index (χ4v) is 1.64. The second-order valence-electron chi connectivity index (χ2n) is 3.76. The number of carboxylic acid groups (broad SMARTS) is 1. The molecule has 1 N–H and O–H groups in total. The van der Waals surface area contributed by atoms with E-state index in [9.17, 15) is 4.79 Å². The Morgan fingerprint density at radius 2 is 2.29 bits per heavy atom. The molecule has 2 rings (SSSR count). The molecule has 0 aliphatic heterocycles. The standard InChI is InChI=1S/C12H13N3O2/c16-12(17)6-2-4-10-3-1-5-11(7-10)15-9-13-8-14-15/h1,3,5,7-9H,2,4,6H2,(H,16,17). The highest BCUT2D eigenvalue weighted by molar-refractivity contribution is 5.66. The van der Waals surface area contributed by atoms with Crippen molar-refractivity contribution in [2.45, 2.75) is 19.3 Å². The number of rotatable bonds is 5. The Balaban J connectivity index is 2.04. The number of nitrogens with zero attached hydrogens (tertiary/aromatic N) is 3. The molecule has 0 radical (unpaired) electrons. The monoisotopic (exact) mass is 231 g/mol. The van der Waals surface area contributed by atoms with Crippen LogP contribution in [0.15, 0.2) is 36.9 Å². The first kappa shape index (κ1) is 11.3. The zero-order chi connectivity index (χ0) is 12.1. The molecular formula is C12H13N3O2. The lowest BCUT2D eigenvalue weighted by atomic mass is 10.1. The fourth-order valence-electron chi connectivity index (χ4n) is 1.64. The summed E-state index contributed by atoms with van der Waals surface area (Å²) in [6.07, 6.45) is 4.73. The van der Waals surface area contributed by atoms with Crippen molar-refractivity contribution in [2.75, 3.05) is 0 Å². The van der Waals surface area contributed by atoms with Gasteiger partial charge in [-0.15, -0.1) is 0 Å². The minimum absolute atomic E-state index is 0.202. The largest absolute Gasteiger partial charge is 0.481 e. The summed E-state index contributed by atoms with van der Waals surface area (Å²) in [7, 11) is 0. The molecule has 0 amide bonds. The van der Waals surface area contributed by atoms with Crippen LogP contribution >= 0.6 is 0 Å². The molecule has 1 heterocycles.